The summed E-state index contributed by atoms with van der Waals surface area (Å²) in [5, 5.41) is 0. The van der Waals surface area contributed by atoms with Gasteiger partial charge in [0.25, 0.3) is 0 Å². The monoisotopic (exact) mass is 282 g/mol. The average molecular weight is 282 g/mol. The summed E-state index contributed by atoms with van der Waals surface area (Å²) < 4.78 is 5.16. The molecule has 0 unspecified atom stereocenters. The van der Waals surface area contributed by atoms with E-state index in [-0.39, 0.29) is 5.91 Å². The van der Waals surface area contributed by atoms with Crippen molar-refractivity contribution in [3.05, 3.63) is 54.6 Å². The van der Waals surface area contributed by atoms with Gasteiger partial charge in [0.15, 0.2) is 0 Å². The van der Waals surface area contributed by atoms with Crippen molar-refractivity contribution < 1.29 is 9.53 Å². The van der Waals surface area contributed by atoms with E-state index in [0.717, 1.165) is 11.4 Å². The van der Waals surface area contributed by atoms with E-state index in [1.54, 1.807) is 4.90 Å². The zero-order valence-electron chi connectivity index (χ0n) is 11.7. The smallest absolute Gasteiger partial charge is 0.231 e. The van der Waals surface area contributed by atoms with Crippen molar-refractivity contribution in [3.63, 3.8) is 0 Å². The molecule has 1 aliphatic rings. The second-order valence-corrected chi connectivity index (χ2v) is 5.26. The van der Waals surface area contributed by atoms with E-state index in [1.165, 1.54) is 0 Å². The number of nitrogen functional groups attached to an aromatic ring is 1. The summed E-state index contributed by atoms with van der Waals surface area (Å²) in [7, 11) is 0. The molecule has 108 valence electrons. The zero-order chi connectivity index (χ0) is 14.7. The molecule has 1 fully saturated rings. The fourth-order valence-corrected chi connectivity index (χ4v) is 2.38. The largest absolute Gasteiger partial charge is 0.399 e. The second kappa shape index (κ2) is 5.97. The van der Waals surface area contributed by atoms with Crippen molar-refractivity contribution in [2.45, 2.75) is 6.42 Å². The summed E-state index contributed by atoms with van der Waals surface area (Å²) in [6.07, 6.45) is 0.499. The number of ether oxygens (including phenoxy) is 1. The Morgan fingerprint density at radius 2 is 1.67 bits per heavy atom. The Bertz CT molecular complexity index is 606. The molecule has 21 heavy (non-hydrogen) atoms. The third-order valence-corrected chi connectivity index (χ3v) is 3.59. The SMILES string of the molecule is Nc1ccc(N(C(=O)CC2COC2)c2ccccc2)cc1. The van der Waals surface area contributed by atoms with Crippen molar-refractivity contribution in [3.8, 4) is 0 Å². The summed E-state index contributed by atoms with van der Waals surface area (Å²) in [4.78, 5) is 14.4. The van der Waals surface area contributed by atoms with Crippen LogP contribution in [0, 0.1) is 5.92 Å². The maximum absolute atomic E-state index is 12.7. The number of hydrogen-bond acceptors (Lipinski definition) is 3. The number of amides is 1. The first-order chi connectivity index (χ1) is 10.2. The lowest BCUT2D eigenvalue weighted by molar-refractivity contribution is -0.123. The Balaban J connectivity index is 1.90. The third kappa shape index (κ3) is 3.06. The predicted molar refractivity (Wildman–Crippen MR) is 83.4 cm³/mol. The van der Waals surface area contributed by atoms with Crippen LogP contribution in [0.3, 0.4) is 0 Å². The van der Waals surface area contributed by atoms with Gasteiger partial charge in [-0.25, -0.2) is 0 Å². The highest BCUT2D eigenvalue weighted by atomic mass is 16.5. The number of para-hydroxylation sites is 1. The molecule has 1 aliphatic heterocycles. The van der Waals surface area contributed by atoms with Gasteiger partial charge < -0.3 is 10.5 Å². The Labute approximate surface area is 124 Å². The van der Waals surface area contributed by atoms with Crippen LogP contribution in [0.25, 0.3) is 0 Å². The van der Waals surface area contributed by atoms with Gasteiger partial charge in [0.2, 0.25) is 5.91 Å². The minimum atomic E-state index is 0.0827. The first-order valence-electron chi connectivity index (χ1n) is 7.05. The Kier molecular flexibility index (Phi) is 3.88. The maximum Gasteiger partial charge on any atom is 0.231 e. The van der Waals surface area contributed by atoms with Gasteiger partial charge in [-0.3, -0.25) is 9.69 Å². The second-order valence-electron chi connectivity index (χ2n) is 5.26. The van der Waals surface area contributed by atoms with Gasteiger partial charge in [-0.2, -0.15) is 0 Å². The molecule has 0 atom stereocenters. The molecule has 0 saturated carbocycles. The number of hydrogen-bond donors (Lipinski definition) is 1. The Morgan fingerprint density at radius 1 is 1.05 bits per heavy atom. The first-order valence-corrected chi connectivity index (χ1v) is 7.05. The van der Waals surface area contributed by atoms with Crippen molar-refractivity contribution in [2.75, 3.05) is 23.8 Å². The fraction of sp³-hybridized carbons (Fsp3) is 0.235. The third-order valence-electron chi connectivity index (χ3n) is 3.59. The molecule has 1 saturated heterocycles. The van der Waals surface area contributed by atoms with Crippen LogP contribution in [0.1, 0.15) is 6.42 Å². The number of nitrogens with zero attached hydrogens (tertiary/aromatic N) is 1. The molecule has 2 aromatic rings. The highest BCUT2D eigenvalue weighted by molar-refractivity contribution is 6.00. The topological polar surface area (TPSA) is 55.6 Å². The van der Waals surface area contributed by atoms with Gasteiger partial charge >= 0.3 is 0 Å². The Morgan fingerprint density at radius 3 is 2.24 bits per heavy atom. The van der Waals surface area contributed by atoms with Crippen molar-refractivity contribution in [1.29, 1.82) is 0 Å². The van der Waals surface area contributed by atoms with Crippen LogP contribution in [-0.4, -0.2) is 19.1 Å². The molecule has 4 heteroatoms. The van der Waals surface area contributed by atoms with Crippen LogP contribution in [0.5, 0.6) is 0 Å². The Hall–Kier alpha value is -2.33. The van der Waals surface area contributed by atoms with Crippen molar-refractivity contribution in [1.82, 2.24) is 0 Å². The zero-order valence-corrected chi connectivity index (χ0v) is 11.7. The molecule has 4 nitrogen and oxygen atoms in total. The van der Waals surface area contributed by atoms with Crippen molar-refractivity contribution in [2.24, 2.45) is 5.92 Å². The van der Waals surface area contributed by atoms with Gasteiger partial charge in [0.05, 0.1) is 13.2 Å². The quantitative estimate of drug-likeness (QED) is 0.877. The van der Waals surface area contributed by atoms with Crippen molar-refractivity contribution >= 4 is 23.0 Å². The average Bonchev–Trinajstić information content (AvgIpc) is 2.46. The van der Waals surface area contributed by atoms with E-state index in [9.17, 15) is 4.79 Å². The summed E-state index contributed by atoms with van der Waals surface area (Å²) in [5.41, 5.74) is 8.12. The molecule has 0 spiro atoms. The number of carbonyl (C=O) groups excluding carboxylic acids is 1. The molecule has 0 bridgehead atoms. The van der Waals surface area contributed by atoms with Gasteiger partial charge in [0.1, 0.15) is 0 Å². The van der Waals surface area contributed by atoms with Gasteiger partial charge in [-0.1, -0.05) is 18.2 Å². The molecule has 0 aliphatic carbocycles. The molecular weight excluding hydrogens is 264 g/mol. The number of rotatable bonds is 4. The maximum atomic E-state index is 12.7. The highest BCUT2D eigenvalue weighted by Crippen LogP contribution is 2.28. The number of anilines is 3. The molecule has 1 heterocycles. The normalized spacial score (nSPS) is 14.5. The minimum Gasteiger partial charge on any atom is -0.399 e. The standard InChI is InChI=1S/C17H18N2O2/c18-14-6-8-16(9-7-14)19(15-4-2-1-3-5-15)17(20)10-13-11-21-12-13/h1-9,13H,10-12,18H2. The number of carbonyl (C=O) groups is 1. The summed E-state index contributed by atoms with van der Waals surface area (Å²) in [6.45, 7) is 1.35. The van der Waals surface area contributed by atoms with E-state index in [4.69, 9.17) is 10.5 Å². The molecule has 0 radical (unpaired) electrons. The van der Waals surface area contributed by atoms with Crippen LogP contribution >= 0.6 is 0 Å². The molecular formula is C17H18N2O2. The van der Waals surface area contributed by atoms with E-state index in [2.05, 4.69) is 0 Å². The number of nitrogens with two attached hydrogens (primary N) is 1. The van der Waals surface area contributed by atoms with Crippen LogP contribution in [-0.2, 0) is 9.53 Å². The van der Waals surface area contributed by atoms with Crippen LogP contribution < -0.4 is 10.6 Å². The van der Waals surface area contributed by atoms with Gasteiger partial charge in [0, 0.05) is 29.4 Å². The molecule has 1 amide bonds. The van der Waals surface area contributed by atoms with E-state index in [1.807, 2.05) is 54.6 Å². The fourth-order valence-electron chi connectivity index (χ4n) is 2.38. The van der Waals surface area contributed by atoms with Crippen LogP contribution in [0.15, 0.2) is 54.6 Å². The van der Waals surface area contributed by atoms with Crippen LogP contribution in [0.2, 0.25) is 0 Å². The lowest BCUT2D eigenvalue weighted by Gasteiger charge is -2.29. The van der Waals surface area contributed by atoms with E-state index >= 15 is 0 Å². The van der Waals surface area contributed by atoms with E-state index in [0.29, 0.717) is 31.2 Å². The minimum absolute atomic E-state index is 0.0827. The molecule has 3 rings (SSSR count). The summed E-state index contributed by atoms with van der Waals surface area (Å²) >= 11 is 0. The van der Waals surface area contributed by atoms with Crippen LogP contribution in [0.4, 0.5) is 17.1 Å². The van der Waals surface area contributed by atoms with Gasteiger partial charge in [-0.05, 0) is 36.4 Å². The predicted octanol–water partition coefficient (Wildman–Crippen LogP) is 2.97. The van der Waals surface area contributed by atoms with E-state index < -0.39 is 0 Å². The number of benzene rings is 2. The lowest BCUT2D eigenvalue weighted by atomic mass is 10.0. The lowest BCUT2D eigenvalue weighted by Crippen LogP contribution is -2.35. The molecule has 0 aromatic heterocycles. The summed E-state index contributed by atoms with van der Waals surface area (Å²) in [5.74, 6) is 0.414. The highest BCUT2D eigenvalue weighted by Gasteiger charge is 2.26. The first kappa shape index (κ1) is 13.6. The summed E-state index contributed by atoms with van der Waals surface area (Å²) in [6, 6.07) is 17.0. The van der Waals surface area contributed by atoms with Gasteiger partial charge in [-0.15, -0.1) is 0 Å². The molecule has 2 aromatic carbocycles. The molecule has 2 N–H and O–H groups in total.